The number of aliphatic imine (C=N–C) groups is 1. The van der Waals surface area contributed by atoms with Gasteiger partial charge in [-0.3, -0.25) is 9.48 Å². The highest BCUT2D eigenvalue weighted by molar-refractivity contribution is 6.14. The highest BCUT2D eigenvalue weighted by Crippen LogP contribution is 2.31. The van der Waals surface area contributed by atoms with Gasteiger partial charge in [0.15, 0.2) is 5.88 Å². The lowest BCUT2D eigenvalue weighted by molar-refractivity contribution is -0.142. The fraction of sp³-hybridized carbons (Fsp3) is 0.381. The first-order chi connectivity index (χ1) is 14.9. The number of amides is 1. The van der Waals surface area contributed by atoms with Crippen LogP contribution in [-0.2, 0) is 6.54 Å². The first kappa shape index (κ1) is 23.3. The summed E-state index contributed by atoms with van der Waals surface area (Å²) in [5.41, 5.74) is 0.132. The molecule has 11 heteroatoms. The van der Waals surface area contributed by atoms with Crippen molar-refractivity contribution in [3.8, 4) is 5.88 Å². The van der Waals surface area contributed by atoms with E-state index in [4.69, 9.17) is 0 Å². The molecule has 3 N–H and O–H groups in total. The van der Waals surface area contributed by atoms with Gasteiger partial charge in [-0.05, 0) is 38.5 Å². The SMILES string of the molecule is CCC(=Nc1cnn(CC(F)(F)F)c1)c1c(O)[nH]c2ccc(C(=O)NCC(C)(C)F)cc12. The summed E-state index contributed by atoms with van der Waals surface area (Å²) < 4.78 is 52.1. The van der Waals surface area contributed by atoms with Crippen molar-refractivity contribution < 1.29 is 27.5 Å². The molecule has 32 heavy (non-hydrogen) atoms. The van der Waals surface area contributed by atoms with E-state index in [-0.39, 0.29) is 23.7 Å². The van der Waals surface area contributed by atoms with Crippen LogP contribution in [0, 0.1) is 0 Å². The summed E-state index contributed by atoms with van der Waals surface area (Å²) >= 11 is 0. The number of benzene rings is 1. The highest BCUT2D eigenvalue weighted by Gasteiger charge is 2.28. The summed E-state index contributed by atoms with van der Waals surface area (Å²) in [5.74, 6) is -0.668. The Balaban J connectivity index is 1.96. The minimum absolute atomic E-state index is 0.168. The van der Waals surface area contributed by atoms with Crippen molar-refractivity contribution >= 4 is 28.2 Å². The van der Waals surface area contributed by atoms with E-state index in [2.05, 4.69) is 20.4 Å². The first-order valence-corrected chi connectivity index (χ1v) is 9.85. The zero-order valence-corrected chi connectivity index (χ0v) is 17.7. The van der Waals surface area contributed by atoms with E-state index in [0.29, 0.717) is 28.6 Å². The lowest BCUT2D eigenvalue weighted by atomic mass is 10.0. The summed E-state index contributed by atoms with van der Waals surface area (Å²) in [6.45, 7) is 3.06. The fourth-order valence-corrected chi connectivity index (χ4v) is 3.15. The number of aromatic nitrogens is 3. The van der Waals surface area contributed by atoms with E-state index < -0.39 is 24.3 Å². The third kappa shape index (κ3) is 5.65. The molecule has 2 heterocycles. The molecule has 0 aliphatic carbocycles. The minimum Gasteiger partial charge on any atom is -0.494 e. The number of hydrogen-bond acceptors (Lipinski definition) is 4. The monoisotopic (exact) mass is 453 g/mol. The van der Waals surface area contributed by atoms with Gasteiger partial charge in [-0.15, -0.1) is 0 Å². The number of nitrogens with one attached hydrogen (secondary N) is 2. The van der Waals surface area contributed by atoms with Gasteiger partial charge in [0.2, 0.25) is 0 Å². The molecule has 0 bridgehead atoms. The number of aromatic hydroxyl groups is 1. The molecule has 0 fully saturated rings. The molecule has 172 valence electrons. The summed E-state index contributed by atoms with van der Waals surface area (Å²) in [4.78, 5) is 19.6. The van der Waals surface area contributed by atoms with E-state index in [1.807, 2.05) is 0 Å². The van der Waals surface area contributed by atoms with Gasteiger partial charge in [-0.2, -0.15) is 18.3 Å². The smallest absolute Gasteiger partial charge is 0.408 e. The number of rotatable bonds is 7. The van der Waals surface area contributed by atoms with Crippen LogP contribution in [0.1, 0.15) is 43.1 Å². The van der Waals surface area contributed by atoms with Crippen LogP contribution in [0.4, 0.5) is 23.2 Å². The molecule has 7 nitrogen and oxygen atoms in total. The third-order valence-corrected chi connectivity index (χ3v) is 4.56. The summed E-state index contributed by atoms with van der Waals surface area (Å²) in [6.07, 6.45) is -1.71. The average Bonchev–Trinajstić information content (AvgIpc) is 3.24. The predicted octanol–water partition coefficient (Wildman–Crippen LogP) is 4.64. The zero-order valence-electron chi connectivity index (χ0n) is 17.7. The lowest BCUT2D eigenvalue weighted by Gasteiger charge is -2.14. The molecule has 1 amide bonds. The van der Waals surface area contributed by atoms with E-state index in [0.717, 1.165) is 10.9 Å². The molecule has 0 saturated heterocycles. The van der Waals surface area contributed by atoms with Crippen molar-refractivity contribution in [3.63, 3.8) is 0 Å². The van der Waals surface area contributed by atoms with Crippen LogP contribution in [-0.4, -0.2) is 49.9 Å². The molecule has 0 radical (unpaired) electrons. The number of carbonyl (C=O) groups excluding carboxylic acids is 1. The van der Waals surface area contributed by atoms with Crippen LogP contribution in [0.2, 0.25) is 0 Å². The number of fused-ring (bicyclic) bond motifs is 1. The Morgan fingerprint density at radius 3 is 2.62 bits per heavy atom. The highest BCUT2D eigenvalue weighted by atomic mass is 19.4. The second-order valence-electron chi connectivity index (χ2n) is 7.93. The Bertz CT molecular complexity index is 1160. The molecular formula is C21H23F4N5O2. The molecule has 0 saturated carbocycles. The van der Waals surface area contributed by atoms with Gasteiger partial charge >= 0.3 is 6.18 Å². The van der Waals surface area contributed by atoms with Crippen molar-refractivity contribution in [1.82, 2.24) is 20.1 Å². The largest absolute Gasteiger partial charge is 0.494 e. The van der Waals surface area contributed by atoms with Gasteiger partial charge in [0.1, 0.15) is 17.9 Å². The van der Waals surface area contributed by atoms with Crippen LogP contribution in [0.3, 0.4) is 0 Å². The lowest BCUT2D eigenvalue weighted by Crippen LogP contribution is -2.35. The molecule has 3 rings (SSSR count). The van der Waals surface area contributed by atoms with Crippen molar-refractivity contribution in [2.75, 3.05) is 6.54 Å². The summed E-state index contributed by atoms with van der Waals surface area (Å²) in [6, 6.07) is 4.68. The Kier molecular flexibility index (Phi) is 6.29. The first-order valence-electron chi connectivity index (χ1n) is 9.85. The normalized spacial score (nSPS) is 13.0. The number of carbonyl (C=O) groups is 1. The molecule has 3 aromatic rings. The Labute approximate surface area is 181 Å². The van der Waals surface area contributed by atoms with E-state index in [1.54, 1.807) is 19.1 Å². The van der Waals surface area contributed by atoms with Crippen LogP contribution < -0.4 is 5.32 Å². The molecule has 0 atom stereocenters. The number of hydrogen-bond donors (Lipinski definition) is 3. The van der Waals surface area contributed by atoms with Crippen LogP contribution >= 0.6 is 0 Å². The predicted molar refractivity (Wildman–Crippen MR) is 112 cm³/mol. The summed E-state index contributed by atoms with van der Waals surface area (Å²) in [7, 11) is 0. The van der Waals surface area contributed by atoms with E-state index in [1.165, 1.54) is 26.1 Å². The maximum absolute atomic E-state index is 13.7. The van der Waals surface area contributed by atoms with Crippen molar-refractivity contribution in [2.45, 2.75) is 45.6 Å². The van der Waals surface area contributed by atoms with Gasteiger partial charge in [0.25, 0.3) is 5.91 Å². The van der Waals surface area contributed by atoms with Crippen molar-refractivity contribution in [3.05, 3.63) is 41.7 Å². The van der Waals surface area contributed by atoms with Crippen LogP contribution in [0.5, 0.6) is 5.88 Å². The number of H-pyrrole nitrogens is 1. The molecule has 0 unspecified atom stereocenters. The second kappa shape index (κ2) is 8.64. The fourth-order valence-electron chi connectivity index (χ4n) is 3.15. The van der Waals surface area contributed by atoms with Crippen molar-refractivity contribution in [1.29, 1.82) is 0 Å². The maximum atomic E-state index is 13.7. The van der Waals surface area contributed by atoms with Gasteiger partial charge in [-0.1, -0.05) is 6.92 Å². The number of halogens is 4. The average molecular weight is 453 g/mol. The third-order valence-electron chi connectivity index (χ3n) is 4.56. The zero-order chi connectivity index (χ0) is 23.7. The number of aromatic amines is 1. The van der Waals surface area contributed by atoms with Gasteiger partial charge < -0.3 is 15.4 Å². The van der Waals surface area contributed by atoms with Gasteiger partial charge in [0.05, 0.1) is 30.2 Å². The number of alkyl halides is 4. The van der Waals surface area contributed by atoms with E-state index >= 15 is 0 Å². The summed E-state index contributed by atoms with van der Waals surface area (Å²) in [5, 5.41) is 17.1. The Hall–Kier alpha value is -3.37. The number of nitrogens with zero attached hydrogens (tertiary/aromatic N) is 3. The second-order valence-corrected chi connectivity index (χ2v) is 7.93. The maximum Gasteiger partial charge on any atom is 0.408 e. The Morgan fingerprint density at radius 2 is 2.00 bits per heavy atom. The quantitative estimate of drug-likeness (QED) is 0.359. The molecular weight excluding hydrogens is 430 g/mol. The van der Waals surface area contributed by atoms with E-state index in [9.17, 15) is 27.5 Å². The molecule has 0 aliphatic rings. The Morgan fingerprint density at radius 1 is 1.28 bits per heavy atom. The minimum atomic E-state index is -4.41. The standard InChI is InChI=1S/C21H23F4N5O2/c1-4-15(28-13-8-27-30(9-13)11-21(23,24)25)17-14-7-12(5-6-16(14)29-19(17)32)18(31)26-10-20(2,3)22/h5-9,29,32H,4,10-11H2,1-3H3,(H,26,31). The van der Waals surface area contributed by atoms with Crippen LogP contribution in [0.15, 0.2) is 35.6 Å². The molecule has 1 aromatic carbocycles. The molecule has 0 aliphatic heterocycles. The van der Waals surface area contributed by atoms with Gasteiger partial charge in [0, 0.05) is 16.5 Å². The van der Waals surface area contributed by atoms with Crippen LogP contribution in [0.25, 0.3) is 10.9 Å². The molecule has 0 spiro atoms. The van der Waals surface area contributed by atoms with Gasteiger partial charge in [-0.25, -0.2) is 9.38 Å². The molecule has 2 aromatic heterocycles. The topological polar surface area (TPSA) is 95.3 Å². The van der Waals surface area contributed by atoms with Crippen molar-refractivity contribution in [2.24, 2.45) is 4.99 Å².